The molecule has 116 valence electrons. The molecule has 0 bridgehead atoms. The van der Waals surface area contributed by atoms with Crippen molar-refractivity contribution in [1.82, 2.24) is 4.90 Å². The third kappa shape index (κ3) is 3.31. The van der Waals surface area contributed by atoms with Crippen LogP contribution in [0.1, 0.15) is 19.4 Å². The third-order valence-corrected chi connectivity index (χ3v) is 4.39. The van der Waals surface area contributed by atoms with Crippen LogP contribution in [0, 0.1) is 0 Å². The molecule has 1 aromatic carbocycles. The number of para-hydroxylation sites is 1. The molecule has 1 heterocycles. The van der Waals surface area contributed by atoms with Crippen molar-refractivity contribution in [3.8, 4) is 5.75 Å². The van der Waals surface area contributed by atoms with E-state index in [0.29, 0.717) is 17.3 Å². The highest BCUT2D eigenvalue weighted by atomic mass is 32.2. The van der Waals surface area contributed by atoms with Gasteiger partial charge in [-0.15, -0.1) is 0 Å². The van der Waals surface area contributed by atoms with Crippen LogP contribution in [0.5, 0.6) is 5.75 Å². The smallest absolute Gasteiger partial charge is 0.266 e. The summed E-state index contributed by atoms with van der Waals surface area (Å²) in [6.45, 7) is 3.75. The van der Waals surface area contributed by atoms with Crippen LogP contribution >= 0.6 is 24.0 Å². The molecule has 0 N–H and O–H groups in total. The minimum absolute atomic E-state index is 0.210. The Labute approximate surface area is 137 Å². The fourth-order valence-corrected chi connectivity index (χ4v) is 3.36. The van der Waals surface area contributed by atoms with Crippen LogP contribution in [0.2, 0.25) is 0 Å². The minimum atomic E-state index is -1.34. The van der Waals surface area contributed by atoms with E-state index in [0.717, 1.165) is 22.2 Å². The number of carbonyl (C=O) groups is 2. The number of carbonyl (C=O) groups excluding carboxylic acids is 2. The van der Waals surface area contributed by atoms with Gasteiger partial charge < -0.3 is 14.6 Å². The molecule has 1 atom stereocenters. The monoisotopic (exact) mass is 336 g/mol. The van der Waals surface area contributed by atoms with E-state index in [1.54, 1.807) is 12.1 Å². The van der Waals surface area contributed by atoms with Crippen molar-refractivity contribution < 1.29 is 19.4 Å². The first kappa shape index (κ1) is 16.5. The average Bonchev–Trinajstić information content (AvgIpc) is 2.75. The highest BCUT2D eigenvalue weighted by Gasteiger charge is 2.35. The predicted molar refractivity (Wildman–Crippen MR) is 87.1 cm³/mol. The maximum absolute atomic E-state index is 12.4. The van der Waals surface area contributed by atoms with E-state index in [4.69, 9.17) is 17.0 Å². The molecule has 5 nitrogen and oxygen atoms in total. The van der Waals surface area contributed by atoms with Crippen molar-refractivity contribution >= 4 is 46.3 Å². The molecule has 22 heavy (non-hydrogen) atoms. The van der Waals surface area contributed by atoms with E-state index in [9.17, 15) is 14.7 Å². The van der Waals surface area contributed by atoms with Gasteiger partial charge in [-0.05, 0) is 26.0 Å². The second-order valence-electron chi connectivity index (χ2n) is 4.52. The van der Waals surface area contributed by atoms with Gasteiger partial charge in [0.2, 0.25) is 0 Å². The second-order valence-corrected chi connectivity index (χ2v) is 6.19. The quantitative estimate of drug-likeness (QED) is 0.598. The lowest BCUT2D eigenvalue weighted by atomic mass is 10.2. The predicted octanol–water partition coefficient (Wildman–Crippen LogP) is 1.42. The molecule has 1 amide bonds. The topological polar surface area (TPSA) is 69.7 Å². The first-order chi connectivity index (χ1) is 10.5. The SMILES string of the molecule is CCOc1ccccc1/C=C1/SC(=S)N([C@H](C)C(=O)[O-])C1=O. The average molecular weight is 336 g/mol. The van der Waals surface area contributed by atoms with Gasteiger partial charge in [0.25, 0.3) is 5.91 Å². The van der Waals surface area contributed by atoms with Gasteiger partial charge in [0, 0.05) is 5.56 Å². The summed E-state index contributed by atoms with van der Waals surface area (Å²) in [5.74, 6) is -1.12. The summed E-state index contributed by atoms with van der Waals surface area (Å²) in [4.78, 5) is 24.7. The van der Waals surface area contributed by atoms with Crippen LogP contribution in [0.3, 0.4) is 0 Å². The van der Waals surface area contributed by atoms with Crippen LogP contribution in [0.4, 0.5) is 0 Å². The Morgan fingerprint density at radius 2 is 2.18 bits per heavy atom. The van der Waals surface area contributed by atoms with Gasteiger partial charge >= 0.3 is 0 Å². The van der Waals surface area contributed by atoms with Gasteiger partial charge in [0.1, 0.15) is 10.1 Å². The lowest BCUT2D eigenvalue weighted by Crippen LogP contribution is -2.48. The zero-order valence-corrected chi connectivity index (χ0v) is 13.7. The summed E-state index contributed by atoms with van der Waals surface area (Å²) >= 11 is 6.17. The lowest BCUT2D eigenvalue weighted by molar-refractivity contribution is -0.309. The van der Waals surface area contributed by atoms with Crippen LogP contribution in [0.15, 0.2) is 29.2 Å². The van der Waals surface area contributed by atoms with Crippen LogP contribution in [0.25, 0.3) is 6.08 Å². The fraction of sp³-hybridized carbons (Fsp3) is 0.267. The molecule has 0 spiro atoms. The first-order valence-corrected chi connectivity index (χ1v) is 7.88. The van der Waals surface area contributed by atoms with Gasteiger partial charge in [-0.2, -0.15) is 0 Å². The van der Waals surface area contributed by atoms with Crippen molar-refractivity contribution in [2.24, 2.45) is 0 Å². The third-order valence-electron chi connectivity index (χ3n) is 3.06. The first-order valence-electron chi connectivity index (χ1n) is 6.65. The summed E-state index contributed by atoms with van der Waals surface area (Å²) in [5.41, 5.74) is 0.742. The largest absolute Gasteiger partial charge is 0.548 e. The van der Waals surface area contributed by atoms with Crippen molar-refractivity contribution in [2.45, 2.75) is 19.9 Å². The van der Waals surface area contributed by atoms with Crippen LogP contribution < -0.4 is 9.84 Å². The van der Waals surface area contributed by atoms with E-state index in [-0.39, 0.29) is 4.32 Å². The summed E-state index contributed by atoms with van der Waals surface area (Å²) in [6.07, 6.45) is 1.66. The molecule has 1 fully saturated rings. The Hall–Kier alpha value is -1.86. The van der Waals surface area contributed by atoms with Gasteiger partial charge in [0.05, 0.1) is 23.5 Å². The Balaban J connectivity index is 2.33. The Morgan fingerprint density at radius 1 is 1.50 bits per heavy atom. The van der Waals surface area contributed by atoms with Crippen molar-refractivity contribution in [3.05, 3.63) is 34.7 Å². The molecule has 2 rings (SSSR count). The van der Waals surface area contributed by atoms with E-state index >= 15 is 0 Å². The Morgan fingerprint density at radius 3 is 2.82 bits per heavy atom. The number of hydrogen-bond acceptors (Lipinski definition) is 6. The number of ether oxygens (including phenoxy) is 1. The Bertz CT molecular complexity index is 657. The van der Waals surface area contributed by atoms with Gasteiger partial charge in [-0.3, -0.25) is 9.69 Å². The summed E-state index contributed by atoms with van der Waals surface area (Å²) in [6, 6.07) is 6.20. The number of amides is 1. The molecule has 1 aliphatic rings. The molecule has 1 aromatic rings. The maximum Gasteiger partial charge on any atom is 0.266 e. The second kappa shape index (κ2) is 6.93. The highest BCUT2D eigenvalue weighted by molar-refractivity contribution is 8.26. The molecular weight excluding hydrogens is 322 g/mol. The zero-order chi connectivity index (χ0) is 16.3. The number of nitrogens with zero attached hydrogens (tertiary/aromatic N) is 1. The number of carboxylic acids is 1. The number of thioether (sulfide) groups is 1. The lowest BCUT2D eigenvalue weighted by Gasteiger charge is -2.23. The standard InChI is InChI=1S/C15H15NO4S2/c1-3-20-11-7-5-4-6-10(11)8-12-13(17)16(15(21)22-12)9(2)14(18)19/h4-9H,3H2,1-2H3,(H,18,19)/p-1/b12-8+/t9-/m1/s1. The molecule has 0 radical (unpaired) electrons. The van der Waals surface area contributed by atoms with E-state index in [2.05, 4.69) is 0 Å². The van der Waals surface area contributed by atoms with E-state index in [1.165, 1.54) is 6.92 Å². The maximum atomic E-state index is 12.4. The number of aliphatic carboxylic acids is 1. The molecule has 1 saturated heterocycles. The highest BCUT2D eigenvalue weighted by Crippen LogP contribution is 2.35. The molecule has 0 aromatic heterocycles. The number of carboxylic acid groups (broad SMARTS) is 1. The summed E-state index contributed by atoms with van der Waals surface area (Å²) < 4.78 is 5.72. The molecule has 1 aliphatic heterocycles. The summed E-state index contributed by atoms with van der Waals surface area (Å²) in [5, 5.41) is 11.0. The van der Waals surface area contributed by atoms with Crippen LogP contribution in [-0.4, -0.2) is 33.7 Å². The van der Waals surface area contributed by atoms with E-state index in [1.807, 2.05) is 25.1 Å². The molecule has 7 heteroatoms. The number of thiocarbonyl (C=S) groups is 1. The molecule has 0 aliphatic carbocycles. The number of benzene rings is 1. The van der Waals surface area contributed by atoms with Crippen molar-refractivity contribution in [3.63, 3.8) is 0 Å². The molecule has 0 unspecified atom stereocenters. The fourth-order valence-electron chi connectivity index (χ4n) is 1.95. The number of hydrogen-bond donors (Lipinski definition) is 0. The molecular formula is C15H14NO4S2-. The van der Waals surface area contributed by atoms with Crippen LogP contribution in [-0.2, 0) is 9.59 Å². The van der Waals surface area contributed by atoms with Crippen molar-refractivity contribution in [1.29, 1.82) is 0 Å². The van der Waals surface area contributed by atoms with Gasteiger partial charge in [-0.25, -0.2) is 0 Å². The number of rotatable bonds is 5. The van der Waals surface area contributed by atoms with Gasteiger partial charge in [-0.1, -0.05) is 42.2 Å². The molecule has 0 saturated carbocycles. The normalized spacial score (nSPS) is 17.9. The summed E-state index contributed by atoms with van der Waals surface area (Å²) in [7, 11) is 0. The Kier molecular flexibility index (Phi) is 5.20. The van der Waals surface area contributed by atoms with Crippen molar-refractivity contribution in [2.75, 3.05) is 6.61 Å². The minimum Gasteiger partial charge on any atom is -0.548 e. The zero-order valence-electron chi connectivity index (χ0n) is 12.1. The van der Waals surface area contributed by atoms with Gasteiger partial charge in [0.15, 0.2) is 0 Å². The van der Waals surface area contributed by atoms with E-state index < -0.39 is 17.9 Å².